The lowest BCUT2D eigenvalue weighted by molar-refractivity contribution is -0.384. The molecule has 0 amide bonds. The first kappa shape index (κ1) is 15.1. The van der Waals surface area contributed by atoms with Crippen molar-refractivity contribution in [2.24, 2.45) is 0 Å². The molecule has 0 saturated carbocycles. The van der Waals surface area contributed by atoms with E-state index in [-0.39, 0.29) is 22.4 Å². The summed E-state index contributed by atoms with van der Waals surface area (Å²) in [6.45, 7) is 7.97. The van der Waals surface area contributed by atoms with Crippen molar-refractivity contribution in [1.82, 2.24) is 0 Å². The van der Waals surface area contributed by atoms with Gasteiger partial charge in [-0.1, -0.05) is 11.6 Å². The maximum Gasteiger partial charge on any atom is 0.288 e. The molecule has 0 radical (unpaired) electrons. The predicted molar refractivity (Wildman–Crippen MR) is 76.4 cm³/mol. The lowest BCUT2D eigenvalue weighted by atomic mass is 9.97. The summed E-state index contributed by atoms with van der Waals surface area (Å²) in [5, 5.41) is 10.8. The quantitative estimate of drug-likeness (QED) is 0.626. The Bertz CT molecular complexity index is 542. The largest absolute Gasteiger partial charge is 0.487 e. The number of benzene rings is 1. The first-order valence-electron chi connectivity index (χ1n) is 6.41. The fourth-order valence-corrected chi connectivity index (χ4v) is 2.81. The smallest absolute Gasteiger partial charge is 0.288 e. The van der Waals surface area contributed by atoms with E-state index in [0.29, 0.717) is 5.75 Å². The second kappa shape index (κ2) is 4.90. The Balaban J connectivity index is 2.19. The van der Waals surface area contributed by atoms with E-state index >= 15 is 0 Å². The van der Waals surface area contributed by atoms with Gasteiger partial charge in [0, 0.05) is 18.6 Å². The maximum absolute atomic E-state index is 10.7. The molecule has 1 aliphatic heterocycles. The fourth-order valence-electron chi connectivity index (χ4n) is 2.57. The highest BCUT2D eigenvalue weighted by molar-refractivity contribution is 6.32. The summed E-state index contributed by atoms with van der Waals surface area (Å²) in [4.78, 5) is 10.2. The van der Waals surface area contributed by atoms with Gasteiger partial charge in [0.05, 0.1) is 10.5 Å². The minimum Gasteiger partial charge on any atom is -0.487 e. The number of ether oxygens (including phenoxy) is 2. The second-order valence-corrected chi connectivity index (χ2v) is 6.55. The number of nitro groups is 1. The lowest BCUT2D eigenvalue weighted by Gasteiger charge is -2.27. The Hall–Kier alpha value is -1.33. The van der Waals surface area contributed by atoms with Crippen LogP contribution in [0, 0.1) is 10.1 Å². The number of hydrogen-bond acceptors (Lipinski definition) is 4. The molecule has 1 fully saturated rings. The molecule has 1 aromatic rings. The van der Waals surface area contributed by atoms with E-state index in [1.807, 2.05) is 27.7 Å². The molecule has 110 valence electrons. The zero-order valence-electron chi connectivity index (χ0n) is 12.0. The first-order valence-corrected chi connectivity index (χ1v) is 6.79. The molecular weight excluding hydrogens is 282 g/mol. The van der Waals surface area contributed by atoms with Crippen molar-refractivity contribution in [2.75, 3.05) is 0 Å². The van der Waals surface area contributed by atoms with Crippen LogP contribution >= 0.6 is 11.6 Å². The van der Waals surface area contributed by atoms with Gasteiger partial charge < -0.3 is 9.47 Å². The normalized spacial score (nSPS) is 23.6. The fraction of sp³-hybridized carbons (Fsp3) is 0.571. The average Bonchev–Trinajstić information content (AvgIpc) is 2.45. The van der Waals surface area contributed by atoms with Crippen molar-refractivity contribution >= 4 is 17.3 Å². The van der Waals surface area contributed by atoms with Crippen LogP contribution in [-0.4, -0.2) is 22.2 Å². The summed E-state index contributed by atoms with van der Waals surface area (Å²) in [5.41, 5.74) is -0.794. The van der Waals surface area contributed by atoms with Crippen molar-refractivity contribution < 1.29 is 14.4 Å². The number of nitrogens with zero attached hydrogens (tertiary/aromatic N) is 1. The molecule has 1 unspecified atom stereocenters. The van der Waals surface area contributed by atoms with Gasteiger partial charge in [-0.05, 0) is 33.8 Å². The molecule has 1 aliphatic rings. The minimum atomic E-state index is -0.516. The molecule has 0 spiro atoms. The molecule has 0 aromatic heterocycles. The SMILES string of the molecule is CC1(C)CC(Oc2ccc([N+](=O)[O-])c(Cl)c2)C(C)(C)O1. The minimum absolute atomic E-state index is 0.0727. The van der Waals surface area contributed by atoms with E-state index in [4.69, 9.17) is 21.1 Å². The Morgan fingerprint density at radius 2 is 2.05 bits per heavy atom. The summed E-state index contributed by atoms with van der Waals surface area (Å²) in [6.07, 6.45) is 0.615. The van der Waals surface area contributed by atoms with Crippen molar-refractivity contribution in [1.29, 1.82) is 0 Å². The highest BCUT2D eigenvalue weighted by Crippen LogP contribution is 2.40. The van der Waals surface area contributed by atoms with Crippen LogP contribution in [0.1, 0.15) is 34.1 Å². The van der Waals surface area contributed by atoms with Crippen molar-refractivity contribution in [2.45, 2.75) is 51.4 Å². The van der Waals surface area contributed by atoms with Gasteiger partial charge in [0.25, 0.3) is 5.69 Å². The summed E-state index contributed by atoms with van der Waals surface area (Å²) >= 11 is 5.88. The van der Waals surface area contributed by atoms with Crippen LogP contribution in [0.2, 0.25) is 5.02 Å². The number of hydrogen-bond donors (Lipinski definition) is 0. The van der Waals surface area contributed by atoms with Crippen LogP contribution in [0.5, 0.6) is 5.75 Å². The van der Waals surface area contributed by atoms with Crippen LogP contribution in [0.4, 0.5) is 5.69 Å². The van der Waals surface area contributed by atoms with E-state index in [2.05, 4.69) is 0 Å². The van der Waals surface area contributed by atoms with E-state index in [1.54, 1.807) is 6.07 Å². The molecule has 1 atom stereocenters. The number of rotatable bonds is 3. The van der Waals surface area contributed by atoms with E-state index < -0.39 is 10.5 Å². The Morgan fingerprint density at radius 3 is 2.50 bits per heavy atom. The van der Waals surface area contributed by atoms with Gasteiger partial charge in [-0.15, -0.1) is 0 Å². The summed E-state index contributed by atoms with van der Waals surface area (Å²) < 4.78 is 11.9. The monoisotopic (exact) mass is 299 g/mol. The van der Waals surface area contributed by atoms with Crippen LogP contribution < -0.4 is 4.74 Å². The zero-order valence-corrected chi connectivity index (χ0v) is 12.7. The summed E-state index contributed by atoms with van der Waals surface area (Å²) in [5.74, 6) is 0.514. The van der Waals surface area contributed by atoms with Gasteiger partial charge in [0.1, 0.15) is 22.5 Å². The first-order chi connectivity index (χ1) is 9.11. The van der Waals surface area contributed by atoms with Crippen LogP contribution in [0.15, 0.2) is 18.2 Å². The van der Waals surface area contributed by atoms with Crippen molar-refractivity contribution in [3.05, 3.63) is 33.3 Å². The molecule has 1 saturated heterocycles. The van der Waals surface area contributed by atoms with Gasteiger partial charge in [0.2, 0.25) is 0 Å². The highest BCUT2D eigenvalue weighted by atomic mass is 35.5. The molecule has 1 aromatic carbocycles. The van der Waals surface area contributed by atoms with Crippen LogP contribution in [0.25, 0.3) is 0 Å². The third-order valence-electron chi connectivity index (χ3n) is 3.39. The molecule has 2 rings (SSSR count). The van der Waals surface area contributed by atoms with Gasteiger partial charge in [-0.2, -0.15) is 0 Å². The van der Waals surface area contributed by atoms with Crippen molar-refractivity contribution in [3.8, 4) is 5.75 Å². The standard InChI is InChI=1S/C14H18ClNO4/c1-13(2)8-12(14(3,4)20-13)19-9-5-6-11(16(17)18)10(15)7-9/h5-7,12H,8H2,1-4H3. The Labute approximate surface area is 123 Å². The molecule has 0 bridgehead atoms. The van der Waals surface area contributed by atoms with Crippen LogP contribution in [0.3, 0.4) is 0 Å². The molecule has 0 N–H and O–H groups in total. The predicted octanol–water partition coefficient (Wildman–Crippen LogP) is 3.97. The van der Waals surface area contributed by atoms with Gasteiger partial charge in [-0.3, -0.25) is 10.1 Å². The summed E-state index contributed by atoms with van der Waals surface area (Å²) in [6, 6.07) is 4.39. The van der Waals surface area contributed by atoms with E-state index in [1.165, 1.54) is 12.1 Å². The molecule has 20 heavy (non-hydrogen) atoms. The number of nitro benzene ring substituents is 1. The van der Waals surface area contributed by atoms with E-state index in [9.17, 15) is 10.1 Å². The average molecular weight is 300 g/mol. The van der Waals surface area contributed by atoms with Crippen molar-refractivity contribution in [3.63, 3.8) is 0 Å². The second-order valence-electron chi connectivity index (χ2n) is 6.15. The molecular formula is C14H18ClNO4. The van der Waals surface area contributed by atoms with Crippen LogP contribution in [-0.2, 0) is 4.74 Å². The third-order valence-corrected chi connectivity index (χ3v) is 3.69. The Kier molecular flexibility index (Phi) is 3.69. The number of halogens is 1. The molecule has 5 nitrogen and oxygen atoms in total. The van der Waals surface area contributed by atoms with Gasteiger partial charge in [-0.25, -0.2) is 0 Å². The Morgan fingerprint density at radius 1 is 1.40 bits per heavy atom. The zero-order chi connectivity index (χ0) is 15.1. The molecule has 1 heterocycles. The van der Waals surface area contributed by atoms with E-state index in [0.717, 1.165) is 6.42 Å². The highest BCUT2D eigenvalue weighted by Gasteiger charge is 2.47. The van der Waals surface area contributed by atoms with Gasteiger partial charge in [0.15, 0.2) is 0 Å². The maximum atomic E-state index is 10.7. The summed E-state index contributed by atoms with van der Waals surface area (Å²) in [7, 11) is 0. The van der Waals surface area contributed by atoms with Gasteiger partial charge >= 0.3 is 0 Å². The third kappa shape index (κ3) is 3.04. The molecule has 0 aliphatic carbocycles. The molecule has 6 heteroatoms. The topological polar surface area (TPSA) is 61.6 Å². The lowest BCUT2D eigenvalue weighted by Crippen LogP contribution is -2.36.